The van der Waals surface area contributed by atoms with Gasteiger partial charge in [0, 0.05) is 0 Å². The summed E-state index contributed by atoms with van der Waals surface area (Å²) in [6.45, 7) is 6.61. The van der Waals surface area contributed by atoms with E-state index in [1.54, 1.807) is 0 Å². The summed E-state index contributed by atoms with van der Waals surface area (Å²) >= 11 is 0. The van der Waals surface area contributed by atoms with Crippen molar-refractivity contribution in [2.24, 2.45) is 10.8 Å². The van der Waals surface area contributed by atoms with Crippen LogP contribution in [0.1, 0.15) is 98.4 Å². The highest BCUT2D eigenvalue weighted by molar-refractivity contribution is 5.78. The molecular formula is C26H38O4. The van der Waals surface area contributed by atoms with Crippen LogP contribution in [-0.2, 0) is 22.4 Å². The number of aliphatic carboxylic acids is 2. The minimum atomic E-state index is -0.610. The number of carboxylic acids is 2. The number of carboxylic acid groups (broad SMARTS) is 2. The van der Waals surface area contributed by atoms with E-state index in [-0.39, 0.29) is 0 Å². The summed E-state index contributed by atoms with van der Waals surface area (Å²) < 4.78 is 0. The van der Waals surface area contributed by atoms with Crippen LogP contribution in [0.2, 0.25) is 0 Å². The Morgan fingerprint density at radius 3 is 1.77 bits per heavy atom. The quantitative estimate of drug-likeness (QED) is 0.379. The van der Waals surface area contributed by atoms with E-state index >= 15 is 0 Å². The Kier molecular flexibility index (Phi) is 6.94. The SMILES string of the molecule is Cc1cc(CCCCC2(C(=O)O)CC2)c(CCCCCC2(C(=O)O)CC2)c(C)c1C. The topological polar surface area (TPSA) is 74.6 Å². The molecule has 0 amide bonds. The highest BCUT2D eigenvalue weighted by Gasteiger charge is 2.49. The zero-order chi connectivity index (χ0) is 21.9. The van der Waals surface area contributed by atoms with Gasteiger partial charge < -0.3 is 10.2 Å². The summed E-state index contributed by atoms with van der Waals surface area (Å²) in [7, 11) is 0. The average Bonchev–Trinajstić information content (AvgIpc) is 3.60. The fourth-order valence-electron chi connectivity index (χ4n) is 4.95. The van der Waals surface area contributed by atoms with Crippen molar-refractivity contribution in [3.8, 4) is 0 Å². The zero-order valence-electron chi connectivity index (χ0n) is 19.0. The number of aryl methyl sites for hydroxylation is 2. The number of rotatable bonds is 13. The third kappa shape index (κ3) is 5.07. The lowest BCUT2D eigenvalue weighted by Crippen LogP contribution is -2.14. The Labute approximate surface area is 181 Å². The van der Waals surface area contributed by atoms with Gasteiger partial charge in [-0.2, -0.15) is 0 Å². The largest absolute Gasteiger partial charge is 0.481 e. The van der Waals surface area contributed by atoms with E-state index in [1.807, 2.05) is 0 Å². The summed E-state index contributed by atoms with van der Waals surface area (Å²) in [6.07, 6.45) is 12.3. The Bertz CT molecular complexity index is 800. The van der Waals surface area contributed by atoms with Crippen LogP contribution < -0.4 is 0 Å². The maximum atomic E-state index is 11.4. The van der Waals surface area contributed by atoms with Crippen molar-refractivity contribution in [2.75, 3.05) is 0 Å². The third-order valence-corrected chi connectivity index (χ3v) is 7.93. The van der Waals surface area contributed by atoms with E-state index < -0.39 is 22.8 Å². The van der Waals surface area contributed by atoms with Crippen LogP contribution in [0.25, 0.3) is 0 Å². The molecule has 1 aromatic rings. The Hall–Kier alpha value is -1.84. The first kappa shape index (κ1) is 22.8. The molecule has 2 fully saturated rings. The van der Waals surface area contributed by atoms with Gasteiger partial charge in [0.2, 0.25) is 0 Å². The van der Waals surface area contributed by atoms with Gasteiger partial charge in [0.05, 0.1) is 10.8 Å². The molecule has 0 atom stereocenters. The van der Waals surface area contributed by atoms with Crippen molar-refractivity contribution in [1.29, 1.82) is 0 Å². The molecule has 0 aliphatic heterocycles. The van der Waals surface area contributed by atoms with Crippen LogP contribution in [0.3, 0.4) is 0 Å². The van der Waals surface area contributed by atoms with Gasteiger partial charge in [0.25, 0.3) is 0 Å². The predicted octanol–water partition coefficient (Wildman–Crippen LogP) is 6.16. The molecule has 0 aromatic heterocycles. The van der Waals surface area contributed by atoms with Gasteiger partial charge in [-0.3, -0.25) is 9.59 Å². The summed E-state index contributed by atoms with van der Waals surface area (Å²) in [4.78, 5) is 22.7. The van der Waals surface area contributed by atoms with Crippen molar-refractivity contribution in [3.63, 3.8) is 0 Å². The molecule has 4 heteroatoms. The molecule has 0 radical (unpaired) electrons. The fourth-order valence-corrected chi connectivity index (χ4v) is 4.95. The lowest BCUT2D eigenvalue weighted by molar-refractivity contribution is -0.144. The van der Waals surface area contributed by atoms with Crippen molar-refractivity contribution < 1.29 is 19.8 Å². The average molecular weight is 415 g/mol. The van der Waals surface area contributed by atoms with Crippen molar-refractivity contribution in [3.05, 3.63) is 33.9 Å². The van der Waals surface area contributed by atoms with Crippen molar-refractivity contribution in [2.45, 2.75) is 104 Å². The van der Waals surface area contributed by atoms with Gasteiger partial charge in [-0.1, -0.05) is 25.3 Å². The van der Waals surface area contributed by atoms with Crippen LogP contribution in [0.5, 0.6) is 0 Å². The Morgan fingerprint density at radius 2 is 1.27 bits per heavy atom. The standard InChI is InChI=1S/C26H38O4/c1-18-17-21(9-6-8-12-26(15-16-26)24(29)30)22(20(3)19(18)2)10-5-4-7-11-25(13-14-25)23(27)28/h17H,4-16H2,1-3H3,(H,27,28)(H,29,30). The first-order valence-corrected chi connectivity index (χ1v) is 11.8. The van der Waals surface area contributed by atoms with Crippen LogP contribution in [0.4, 0.5) is 0 Å². The van der Waals surface area contributed by atoms with Crippen LogP contribution in [0, 0.1) is 31.6 Å². The van der Waals surface area contributed by atoms with E-state index in [4.69, 9.17) is 0 Å². The molecule has 0 heterocycles. The summed E-state index contributed by atoms with van der Waals surface area (Å²) in [5, 5.41) is 18.7. The van der Waals surface area contributed by atoms with E-state index in [0.717, 1.165) is 83.5 Å². The minimum Gasteiger partial charge on any atom is -0.481 e. The highest BCUT2D eigenvalue weighted by Crippen LogP contribution is 2.50. The monoisotopic (exact) mass is 414 g/mol. The predicted molar refractivity (Wildman–Crippen MR) is 119 cm³/mol. The molecule has 4 nitrogen and oxygen atoms in total. The molecule has 0 saturated heterocycles. The second-order valence-electron chi connectivity index (χ2n) is 10.0. The molecule has 3 rings (SSSR count). The maximum Gasteiger partial charge on any atom is 0.309 e. The summed E-state index contributed by atoms with van der Waals surface area (Å²) in [5.74, 6) is -1.22. The minimum absolute atomic E-state index is 0.392. The van der Waals surface area contributed by atoms with Gasteiger partial charge in [-0.05, 0) is 113 Å². The number of hydrogen-bond acceptors (Lipinski definition) is 2. The molecule has 166 valence electrons. The van der Waals surface area contributed by atoms with E-state index in [1.165, 1.54) is 27.8 Å². The van der Waals surface area contributed by atoms with Crippen molar-refractivity contribution >= 4 is 11.9 Å². The van der Waals surface area contributed by atoms with Crippen LogP contribution >= 0.6 is 0 Å². The van der Waals surface area contributed by atoms with Gasteiger partial charge >= 0.3 is 11.9 Å². The normalized spacial score (nSPS) is 18.2. The van der Waals surface area contributed by atoms with E-state index in [0.29, 0.717) is 0 Å². The maximum absolute atomic E-state index is 11.4. The molecular weight excluding hydrogens is 376 g/mol. The fraction of sp³-hybridized carbons (Fsp3) is 0.692. The highest BCUT2D eigenvalue weighted by atomic mass is 16.4. The second-order valence-corrected chi connectivity index (χ2v) is 10.0. The first-order chi connectivity index (χ1) is 14.2. The molecule has 30 heavy (non-hydrogen) atoms. The molecule has 2 N–H and O–H groups in total. The molecule has 0 unspecified atom stereocenters. The third-order valence-electron chi connectivity index (χ3n) is 7.93. The number of unbranched alkanes of at least 4 members (excludes halogenated alkanes) is 3. The van der Waals surface area contributed by atoms with Gasteiger partial charge in [0.15, 0.2) is 0 Å². The zero-order valence-corrected chi connectivity index (χ0v) is 19.0. The number of benzene rings is 1. The Balaban J connectivity index is 1.51. The lowest BCUT2D eigenvalue weighted by atomic mass is 9.87. The molecule has 1 aromatic carbocycles. The molecule has 2 saturated carbocycles. The lowest BCUT2D eigenvalue weighted by Gasteiger charge is -2.18. The summed E-state index contributed by atoms with van der Waals surface area (Å²) in [6, 6.07) is 2.34. The van der Waals surface area contributed by atoms with Gasteiger partial charge in [-0.25, -0.2) is 0 Å². The van der Waals surface area contributed by atoms with Crippen molar-refractivity contribution in [1.82, 2.24) is 0 Å². The Morgan fingerprint density at radius 1 is 0.767 bits per heavy atom. The smallest absolute Gasteiger partial charge is 0.309 e. The number of hydrogen-bond donors (Lipinski definition) is 2. The van der Waals surface area contributed by atoms with E-state index in [9.17, 15) is 19.8 Å². The van der Waals surface area contributed by atoms with Gasteiger partial charge in [0.1, 0.15) is 0 Å². The number of carbonyl (C=O) groups is 2. The molecule has 0 bridgehead atoms. The summed E-state index contributed by atoms with van der Waals surface area (Å²) in [5.41, 5.74) is 6.22. The van der Waals surface area contributed by atoms with Crippen LogP contribution in [-0.4, -0.2) is 22.2 Å². The van der Waals surface area contributed by atoms with E-state index in [2.05, 4.69) is 26.8 Å². The molecule has 2 aliphatic carbocycles. The molecule has 0 spiro atoms. The second kappa shape index (κ2) is 9.11. The molecule has 2 aliphatic rings. The van der Waals surface area contributed by atoms with Gasteiger partial charge in [-0.15, -0.1) is 0 Å². The first-order valence-electron chi connectivity index (χ1n) is 11.8. The van der Waals surface area contributed by atoms with Crippen LogP contribution in [0.15, 0.2) is 6.07 Å².